The summed E-state index contributed by atoms with van der Waals surface area (Å²) >= 11 is 1.36. The molecule has 11 heteroatoms. The highest BCUT2D eigenvalue weighted by atomic mass is 32.2. The minimum absolute atomic E-state index is 0.0410. The van der Waals surface area contributed by atoms with Gasteiger partial charge in [-0.1, -0.05) is 66.7 Å². The van der Waals surface area contributed by atoms with Gasteiger partial charge in [-0.05, 0) is 23.3 Å². The molecule has 1 aliphatic rings. The molecule has 0 saturated carbocycles. The molecule has 1 atom stereocenters. The molecule has 3 aromatic rings. The first kappa shape index (κ1) is 26.4. The number of thioether (sulfide) groups is 1. The summed E-state index contributed by atoms with van der Waals surface area (Å²) in [5.41, 5.74) is 8.04. The molecule has 0 bridgehead atoms. The van der Waals surface area contributed by atoms with E-state index in [0.717, 1.165) is 10.5 Å². The topological polar surface area (TPSA) is 145 Å². The van der Waals surface area contributed by atoms with Crippen LogP contribution in [0.2, 0.25) is 0 Å². The Hall–Kier alpha value is -3.67. The number of hydrogen-bond acceptors (Lipinski definition) is 6. The van der Waals surface area contributed by atoms with Gasteiger partial charge in [0.2, 0.25) is 21.8 Å². The number of amidine groups is 1. The molecule has 0 aliphatic carbocycles. The zero-order chi connectivity index (χ0) is 26.4. The smallest absolute Gasteiger partial charge is 0.246 e. The van der Waals surface area contributed by atoms with Crippen LogP contribution in [0.1, 0.15) is 16.7 Å². The van der Waals surface area contributed by atoms with Crippen LogP contribution in [-0.4, -0.2) is 44.4 Å². The van der Waals surface area contributed by atoms with Crippen molar-refractivity contribution in [3.8, 4) is 0 Å². The van der Waals surface area contributed by atoms with Gasteiger partial charge in [0.1, 0.15) is 18.4 Å². The molecule has 1 aliphatic heterocycles. The molecule has 0 spiro atoms. The monoisotopic (exact) mass is 537 g/mol. The van der Waals surface area contributed by atoms with Gasteiger partial charge in [-0.25, -0.2) is 13.1 Å². The maximum atomic E-state index is 13.5. The Morgan fingerprint density at radius 1 is 1.00 bits per heavy atom. The minimum Gasteiger partial charge on any atom is -0.384 e. The number of nitrogens with two attached hydrogens (primary N) is 1. The van der Waals surface area contributed by atoms with Crippen LogP contribution in [0.4, 0.5) is 5.69 Å². The fourth-order valence-electron chi connectivity index (χ4n) is 3.86. The molecular weight excluding hydrogens is 510 g/mol. The summed E-state index contributed by atoms with van der Waals surface area (Å²) in [6.45, 7) is -0.0403. The Bertz CT molecular complexity index is 1400. The number of fused-ring (bicyclic) bond motifs is 1. The molecular formula is C26H27N5O4S2. The normalized spacial score (nSPS) is 15.5. The highest BCUT2D eigenvalue weighted by Gasteiger charge is 2.34. The number of rotatable bonds is 9. The van der Waals surface area contributed by atoms with E-state index in [1.54, 1.807) is 66.7 Å². The summed E-state index contributed by atoms with van der Waals surface area (Å²) in [4.78, 5) is 28.5. The van der Waals surface area contributed by atoms with Gasteiger partial charge in [0, 0.05) is 22.8 Å². The minimum atomic E-state index is -3.81. The maximum Gasteiger partial charge on any atom is 0.246 e. The molecule has 0 radical (unpaired) electrons. The molecule has 0 unspecified atom stereocenters. The zero-order valence-corrected chi connectivity index (χ0v) is 21.5. The van der Waals surface area contributed by atoms with Gasteiger partial charge in [0.25, 0.3) is 0 Å². The van der Waals surface area contributed by atoms with Crippen LogP contribution in [-0.2, 0) is 31.9 Å². The van der Waals surface area contributed by atoms with E-state index >= 15 is 0 Å². The summed E-state index contributed by atoms with van der Waals surface area (Å²) in [7, 11) is -3.81. The lowest BCUT2D eigenvalue weighted by Gasteiger charge is -2.25. The molecule has 4 rings (SSSR count). The number of para-hydroxylation sites is 1. The van der Waals surface area contributed by atoms with Gasteiger partial charge in [-0.15, -0.1) is 11.8 Å². The van der Waals surface area contributed by atoms with E-state index in [-0.39, 0.29) is 30.4 Å². The third-order valence-corrected chi connectivity index (χ3v) is 8.22. The van der Waals surface area contributed by atoms with Crippen LogP contribution < -0.4 is 20.7 Å². The standard InChI is InChI=1S/C26H27N5O4S2/c27-25(28)20-12-10-18(11-13-20)14-29-24(32)15-31-22-8-4-5-9-23(22)36-16-21(26(31)33)30-37(34,35)17-19-6-2-1-3-7-19/h1-13,21,30H,14-17H2,(H3,27,28)(H,29,32)/t21-/m0/s1. The summed E-state index contributed by atoms with van der Waals surface area (Å²) in [6, 6.07) is 21.8. The van der Waals surface area contributed by atoms with E-state index < -0.39 is 27.9 Å². The first-order chi connectivity index (χ1) is 17.7. The number of hydrogen-bond donors (Lipinski definition) is 4. The van der Waals surface area contributed by atoms with E-state index in [0.29, 0.717) is 16.8 Å². The number of carbonyl (C=O) groups excluding carboxylic acids is 2. The van der Waals surface area contributed by atoms with Crippen molar-refractivity contribution >= 4 is 45.1 Å². The number of carbonyl (C=O) groups is 2. The van der Waals surface area contributed by atoms with E-state index in [4.69, 9.17) is 11.1 Å². The molecule has 0 saturated heterocycles. The van der Waals surface area contributed by atoms with Gasteiger partial charge in [0.05, 0.1) is 11.4 Å². The number of nitrogens with one attached hydrogen (secondary N) is 3. The molecule has 192 valence electrons. The molecule has 0 aromatic heterocycles. The lowest BCUT2D eigenvalue weighted by molar-refractivity contribution is -0.124. The summed E-state index contributed by atoms with van der Waals surface area (Å²) in [5, 5.41) is 10.3. The van der Waals surface area contributed by atoms with Gasteiger partial charge in [-0.2, -0.15) is 0 Å². The lowest BCUT2D eigenvalue weighted by atomic mass is 10.1. The molecule has 2 amide bonds. The van der Waals surface area contributed by atoms with E-state index in [2.05, 4.69) is 10.0 Å². The Balaban J connectivity index is 1.47. The average molecular weight is 538 g/mol. The van der Waals surface area contributed by atoms with Crippen molar-refractivity contribution in [1.29, 1.82) is 5.41 Å². The third-order valence-electron chi connectivity index (χ3n) is 5.70. The predicted octanol–water partition coefficient (Wildman–Crippen LogP) is 2.21. The van der Waals surface area contributed by atoms with Crippen molar-refractivity contribution in [2.75, 3.05) is 17.2 Å². The van der Waals surface area contributed by atoms with Crippen LogP contribution >= 0.6 is 11.8 Å². The van der Waals surface area contributed by atoms with E-state index in [1.807, 2.05) is 12.1 Å². The van der Waals surface area contributed by atoms with E-state index in [1.165, 1.54) is 16.7 Å². The van der Waals surface area contributed by atoms with Crippen LogP contribution in [0.25, 0.3) is 0 Å². The van der Waals surface area contributed by atoms with Gasteiger partial charge < -0.3 is 16.0 Å². The largest absolute Gasteiger partial charge is 0.384 e. The molecule has 3 aromatic carbocycles. The number of anilines is 1. The highest BCUT2D eigenvalue weighted by Crippen LogP contribution is 2.34. The Morgan fingerprint density at radius 3 is 2.38 bits per heavy atom. The first-order valence-corrected chi connectivity index (χ1v) is 14.1. The second kappa shape index (κ2) is 11.6. The second-order valence-electron chi connectivity index (χ2n) is 8.51. The fraction of sp³-hybridized carbons (Fsp3) is 0.192. The van der Waals surface area contributed by atoms with Crippen molar-refractivity contribution in [3.05, 3.63) is 95.6 Å². The molecule has 1 heterocycles. The van der Waals surface area contributed by atoms with Crippen molar-refractivity contribution in [2.24, 2.45) is 5.73 Å². The number of sulfonamides is 1. The summed E-state index contributed by atoms with van der Waals surface area (Å²) in [6.07, 6.45) is 0. The SMILES string of the molecule is N=C(N)c1ccc(CNC(=O)CN2C(=O)[C@@H](NS(=O)(=O)Cc3ccccc3)CSc3ccccc32)cc1. The van der Waals surface area contributed by atoms with E-state index in [9.17, 15) is 18.0 Å². The van der Waals surface area contributed by atoms with Crippen molar-refractivity contribution in [3.63, 3.8) is 0 Å². The highest BCUT2D eigenvalue weighted by molar-refractivity contribution is 7.99. The van der Waals surface area contributed by atoms with Crippen LogP contribution in [0, 0.1) is 5.41 Å². The predicted molar refractivity (Wildman–Crippen MR) is 145 cm³/mol. The Morgan fingerprint density at radius 2 is 1.68 bits per heavy atom. The summed E-state index contributed by atoms with van der Waals surface area (Å²) < 4.78 is 28.3. The number of benzene rings is 3. The van der Waals surface area contributed by atoms with Crippen molar-refractivity contribution in [1.82, 2.24) is 10.0 Å². The van der Waals surface area contributed by atoms with Crippen LogP contribution in [0.5, 0.6) is 0 Å². The number of nitrogen functional groups attached to an aromatic ring is 1. The number of nitrogens with zero attached hydrogens (tertiary/aromatic N) is 1. The Kier molecular flexibility index (Phi) is 8.27. The molecule has 0 fully saturated rings. The average Bonchev–Trinajstić information content (AvgIpc) is 3.00. The van der Waals surface area contributed by atoms with Crippen molar-refractivity contribution in [2.45, 2.75) is 23.2 Å². The number of amides is 2. The first-order valence-electron chi connectivity index (χ1n) is 11.5. The summed E-state index contributed by atoms with van der Waals surface area (Å²) in [5.74, 6) is -0.977. The maximum absolute atomic E-state index is 13.5. The third kappa shape index (κ3) is 6.97. The van der Waals surface area contributed by atoms with Crippen molar-refractivity contribution < 1.29 is 18.0 Å². The van der Waals surface area contributed by atoms with Gasteiger partial charge >= 0.3 is 0 Å². The van der Waals surface area contributed by atoms with Gasteiger partial charge in [-0.3, -0.25) is 15.0 Å². The molecule has 9 nitrogen and oxygen atoms in total. The lowest BCUT2D eigenvalue weighted by Crippen LogP contribution is -2.51. The quantitative estimate of drug-likeness (QED) is 0.243. The van der Waals surface area contributed by atoms with Crippen LogP contribution in [0.15, 0.2) is 83.8 Å². The second-order valence-corrected chi connectivity index (χ2v) is 11.3. The van der Waals surface area contributed by atoms with Gasteiger partial charge in [0.15, 0.2) is 0 Å². The fourth-order valence-corrected chi connectivity index (χ4v) is 6.37. The van der Waals surface area contributed by atoms with Crippen LogP contribution in [0.3, 0.4) is 0 Å². The molecule has 37 heavy (non-hydrogen) atoms. The Labute approximate surface area is 220 Å². The molecule has 5 N–H and O–H groups in total. The zero-order valence-electron chi connectivity index (χ0n) is 19.9.